The molecule has 2 rings (SSSR count). The molecule has 7 heteroatoms. The Bertz CT molecular complexity index is 554. The zero-order chi connectivity index (χ0) is 13.9. The fraction of sp³-hybridized carbons (Fsp3) is 0.417. The van der Waals surface area contributed by atoms with Crippen molar-refractivity contribution in [3.05, 3.63) is 40.7 Å². The van der Waals surface area contributed by atoms with Gasteiger partial charge in [-0.2, -0.15) is 4.80 Å². The lowest BCUT2D eigenvalue weighted by atomic mass is 9.81. The first kappa shape index (κ1) is 14.9. The third kappa shape index (κ3) is 3.35. The number of tetrazole rings is 1. The maximum atomic E-state index is 6.09. The van der Waals surface area contributed by atoms with Gasteiger partial charge in [0.2, 0.25) is 0 Å². The summed E-state index contributed by atoms with van der Waals surface area (Å²) in [5.41, 5.74) is 1.01. The summed E-state index contributed by atoms with van der Waals surface area (Å²) in [6.45, 7) is 0. The van der Waals surface area contributed by atoms with Crippen LogP contribution in [0, 0.1) is 0 Å². The molecule has 0 spiro atoms. The van der Waals surface area contributed by atoms with Crippen molar-refractivity contribution in [1.29, 1.82) is 0 Å². The number of alkyl halides is 2. The molecule has 0 saturated heterocycles. The maximum Gasteiger partial charge on any atom is 0.175 e. The van der Waals surface area contributed by atoms with Gasteiger partial charge >= 0.3 is 0 Å². The molecule has 1 aromatic heterocycles. The van der Waals surface area contributed by atoms with E-state index in [4.69, 9.17) is 11.6 Å². The van der Waals surface area contributed by atoms with E-state index in [9.17, 15) is 0 Å². The van der Waals surface area contributed by atoms with Crippen LogP contribution in [-0.2, 0) is 18.9 Å². The van der Waals surface area contributed by atoms with Crippen LogP contribution in [0.1, 0.15) is 11.4 Å². The molecule has 0 radical (unpaired) electrons. The van der Waals surface area contributed by atoms with Gasteiger partial charge in [-0.25, -0.2) is 0 Å². The van der Waals surface area contributed by atoms with Crippen LogP contribution in [0.15, 0.2) is 24.3 Å². The summed E-state index contributed by atoms with van der Waals surface area (Å²) in [6.07, 6.45) is 0.692. The van der Waals surface area contributed by atoms with Crippen LogP contribution in [-0.4, -0.2) is 30.9 Å². The van der Waals surface area contributed by atoms with Crippen molar-refractivity contribution in [2.45, 2.75) is 11.8 Å². The molecule has 0 aliphatic heterocycles. The topological polar surface area (TPSA) is 43.6 Å². The molecule has 1 aromatic carbocycles. The first-order valence-electron chi connectivity index (χ1n) is 5.70. The molecule has 102 valence electrons. The number of nitrogens with zero attached hydrogens (tertiary/aromatic N) is 4. The molecule has 2 aromatic rings. The molecule has 4 nitrogen and oxygen atoms in total. The number of aromatic nitrogens is 4. The van der Waals surface area contributed by atoms with E-state index in [1.54, 1.807) is 7.05 Å². The highest BCUT2D eigenvalue weighted by molar-refractivity contribution is 9.09. The number of halogens is 3. The van der Waals surface area contributed by atoms with E-state index in [1.165, 1.54) is 4.80 Å². The number of rotatable bonds is 5. The Morgan fingerprint density at radius 1 is 1.32 bits per heavy atom. The second-order valence-corrected chi connectivity index (χ2v) is 5.99. The van der Waals surface area contributed by atoms with E-state index in [-0.39, 0.29) is 5.41 Å². The largest absolute Gasteiger partial charge is 0.175 e. The first-order chi connectivity index (χ1) is 9.09. The number of aryl methyl sites for hydroxylation is 1. The van der Waals surface area contributed by atoms with Crippen molar-refractivity contribution in [2.75, 3.05) is 10.7 Å². The van der Waals surface area contributed by atoms with Gasteiger partial charge in [0, 0.05) is 27.5 Å². The van der Waals surface area contributed by atoms with Gasteiger partial charge in [-0.1, -0.05) is 55.6 Å². The molecule has 0 atom stereocenters. The molecule has 19 heavy (non-hydrogen) atoms. The minimum absolute atomic E-state index is 0.145. The van der Waals surface area contributed by atoms with Crippen LogP contribution in [0.2, 0.25) is 5.02 Å². The van der Waals surface area contributed by atoms with Gasteiger partial charge in [-0.05, 0) is 22.9 Å². The summed E-state index contributed by atoms with van der Waals surface area (Å²) in [4.78, 5) is 1.47. The van der Waals surface area contributed by atoms with Gasteiger partial charge in [0.05, 0.1) is 7.05 Å². The van der Waals surface area contributed by atoms with E-state index in [0.717, 1.165) is 27.1 Å². The summed E-state index contributed by atoms with van der Waals surface area (Å²) >= 11 is 13.3. The second kappa shape index (κ2) is 6.33. The van der Waals surface area contributed by atoms with Crippen molar-refractivity contribution >= 4 is 43.5 Å². The van der Waals surface area contributed by atoms with E-state index in [1.807, 2.05) is 18.2 Å². The second-order valence-electron chi connectivity index (χ2n) is 4.43. The van der Waals surface area contributed by atoms with Crippen molar-refractivity contribution in [1.82, 2.24) is 20.2 Å². The summed E-state index contributed by atoms with van der Waals surface area (Å²) < 4.78 is 0. The van der Waals surface area contributed by atoms with E-state index < -0.39 is 0 Å². The molecule has 0 N–H and O–H groups in total. The Hall–Kier alpha value is -0.460. The average molecular weight is 409 g/mol. The third-order valence-corrected chi connectivity index (χ3v) is 5.38. The highest BCUT2D eigenvalue weighted by Gasteiger charge is 2.32. The van der Waals surface area contributed by atoms with Crippen molar-refractivity contribution in [3.8, 4) is 0 Å². The summed E-state index contributed by atoms with van der Waals surface area (Å²) in [6, 6.07) is 7.89. The predicted molar refractivity (Wildman–Crippen MR) is 83.2 cm³/mol. The normalized spacial score (nSPS) is 11.8. The third-order valence-electron chi connectivity index (χ3n) is 2.99. The van der Waals surface area contributed by atoms with Crippen LogP contribution >= 0.6 is 43.5 Å². The highest BCUT2D eigenvalue weighted by Crippen LogP contribution is 2.33. The van der Waals surface area contributed by atoms with Crippen LogP contribution in [0.5, 0.6) is 0 Å². The molecule has 0 fully saturated rings. The van der Waals surface area contributed by atoms with E-state index in [2.05, 4.69) is 53.3 Å². The first-order valence-corrected chi connectivity index (χ1v) is 8.32. The van der Waals surface area contributed by atoms with E-state index in [0.29, 0.717) is 6.42 Å². The van der Waals surface area contributed by atoms with Gasteiger partial charge in [-0.3, -0.25) is 0 Å². The van der Waals surface area contributed by atoms with Crippen molar-refractivity contribution in [2.24, 2.45) is 7.05 Å². The van der Waals surface area contributed by atoms with Crippen LogP contribution in [0.4, 0.5) is 0 Å². The zero-order valence-corrected chi connectivity index (χ0v) is 14.3. The van der Waals surface area contributed by atoms with Crippen molar-refractivity contribution < 1.29 is 0 Å². The molecule has 0 aliphatic rings. The zero-order valence-electron chi connectivity index (χ0n) is 10.4. The minimum atomic E-state index is -0.145. The summed E-state index contributed by atoms with van der Waals surface area (Å²) in [5, 5.41) is 14.5. The number of hydrogen-bond donors (Lipinski definition) is 0. The van der Waals surface area contributed by atoms with Crippen molar-refractivity contribution in [3.63, 3.8) is 0 Å². The van der Waals surface area contributed by atoms with E-state index >= 15 is 0 Å². The smallest absolute Gasteiger partial charge is 0.167 e. The average Bonchev–Trinajstić information content (AvgIpc) is 2.81. The molecule has 0 saturated carbocycles. The lowest BCUT2D eigenvalue weighted by Gasteiger charge is -2.29. The Morgan fingerprint density at radius 2 is 2.05 bits per heavy atom. The number of hydrogen-bond acceptors (Lipinski definition) is 3. The van der Waals surface area contributed by atoms with Gasteiger partial charge < -0.3 is 0 Å². The lowest BCUT2D eigenvalue weighted by Crippen LogP contribution is -2.33. The summed E-state index contributed by atoms with van der Waals surface area (Å²) in [7, 11) is 1.76. The molecule has 0 bridgehead atoms. The SMILES string of the molecule is Cn1nnc(CC(CBr)(CBr)c2cccc(Cl)c2)n1. The predicted octanol–water partition coefficient (Wildman–Crippen LogP) is 3.13. The Balaban J connectivity index is 2.37. The Labute approximate surface area is 133 Å². The summed E-state index contributed by atoms with van der Waals surface area (Å²) in [5.74, 6) is 0.723. The van der Waals surface area contributed by atoms with Crippen LogP contribution < -0.4 is 0 Å². The highest BCUT2D eigenvalue weighted by atomic mass is 79.9. The standard InChI is InChI=1S/C12H13Br2ClN4/c1-19-17-11(16-18-19)6-12(7-13,8-14)9-3-2-4-10(15)5-9/h2-5H,6-8H2,1H3. The molecule has 0 unspecified atom stereocenters. The van der Waals surface area contributed by atoms with Gasteiger partial charge in [0.15, 0.2) is 5.82 Å². The molecular formula is C12H13Br2ClN4. The fourth-order valence-corrected chi connectivity index (χ4v) is 4.06. The fourth-order valence-electron chi connectivity index (χ4n) is 1.90. The quantitative estimate of drug-likeness (QED) is 0.714. The van der Waals surface area contributed by atoms with Crippen LogP contribution in [0.25, 0.3) is 0 Å². The molecule has 1 heterocycles. The number of benzene rings is 1. The van der Waals surface area contributed by atoms with Gasteiger partial charge in [0.1, 0.15) is 0 Å². The molecule has 0 aliphatic carbocycles. The lowest BCUT2D eigenvalue weighted by molar-refractivity contribution is 0.530. The van der Waals surface area contributed by atoms with Gasteiger partial charge in [0.25, 0.3) is 0 Å². The van der Waals surface area contributed by atoms with Crippen LogP contribution in [0.3, 0.4) is 0 Å². The maximum absolute atomic E-state index is 6.09. The Kier molecular flexibility index (Phi) is 4.97. The van der Waals surface area contributed by atoms with Gasteiger partial charge in [-0.15, -0.1) is 10.2 Å². The molecule has 0 amide bonds. The molecular weight excluding hydrogens is 395 g/mol. The Morgan fingerprint density at radius 3 is 2.58 bits per heavy atom. The minimum Gasteiger partial charge on any atom is -0.167 e. The monoisotopic (exact) mass is 406 g/mol.